The predicted octanol–water partition coefficient (Wildman–Crippen LogP) is 2.64. The van der Waals surface area contributed by atoms with Crippen molar-refractivity contribution in [1.82, 2.24) is 9.78 Å². The molecule has 0 bridgehead atoms. The second-order valence-electron chi connectivity index (χ2n) is 5.34. The molecule has 1 unspecified atom stereocenters. The van der Waals surface area contributed by atoms with Crippen LogP contribution in [0.1, 0.15) is 29.4 Å². The molecule has 1 aromatic carbocycles. The molecule has 21 heavy (non-hydrogen) atoms. The van der Waals surface area contributed by atoms with E-state index in [2.05, 4.69) is 18.9 Å². The minimum absolute atomic E-state index is 0.314. The summed E-state index contributed by atoms with van der Waals surface area (Å²) >= 11 is 0. The average molecular weight is 288 g/mol. The fraction of sp³-hybridized carbons (Fsp3) is 0.471. The second-order valence-corrected chi connectivity index (χ2v) is 5.34. The van der Waals surface area contributed by atoms with Gasteiger partial charge in [0.1, 0.15) is 0 Å². The van der Waals surface area contributed by atoms with Gasteiger partial charge in [-0.15, -0.1) is 0 Å². The summed E-state index contributed by atoms with van der Waals surface area (Å²) in [7, 11) is 0. The van der Waals surface area contributed by atoms with E-state index in [9.17, 15) is 5.11 Å². The number of aromatic nitrogens is 2. The zero-order valence-corrected chi connectivity index (χ0v) is 13.0. The van der Waals surface area contributed by atoms with Gasteiger partial charge in [-0.3, -0.25) is 4.68 Å². The highest BCUT2D eigenvalue weighted by atomic mass is 16.5. The van der Waals surface area contributed by atoms with Gasteiger partial charge in [-0.25, -0.2) is 0 Å². The topological polar surface area (TPSA) is 47.3 Å². The highest BCUT2D eigenvalue weighted by Crippen LogP contribution is 2.14. The van der Waals surface area contributed by atoms with Crippen LogP contribution in [-0.2, 0) is 24.3 Å². The van der Waals surface area contributed by atoms with Gasteiger partial charge < -0.3 is 9.84 Å². The number of hydrogen-bond acceptors (Lipinski definition) is 3. The summed E-state index contributed by atoms with van der Waals surface area (Å²) in [4.78, 5) is 0. The van der Waals surface area contributed by atoms with Crippen molar-refractivity contribution >= 4 is 0 Å². The van der Waals surface area contributed by atoms with Crippen molar-refractivity contribution in [3.05, 3.63) is 52.8 Å². The fourth-order valence-corrected chi connectivity index (χ4v) is 2.56. The number of aryl methyl sites for hydroxylation is 1. The SMILES string of the molecule is CCc1c(C)nn(CC(O)COCc2ccccc2)c1C. The molecular weight excluding hydrogens is 264 g/mol. The molecule has 0 spiro atoms. The van der Waals surface area contributed by atoms with Crippen LogP contribution in [0.4, 0.5) is 0 Å². The van der Waals surface area contributed by atoms with E-state index in [4.69, 9.17) is 4.74 Å². The van der Waals surface area contributed by atoms with E-state index in [1.54, 1.807) is 0 Å². The Balaban J connectivity index is 1.83. The van der Waals surface area contributed by atoms with Crippen LogP contribution < -0.4 is 0 Å². The molecule has 1 heterocycles. The molecule has 1 aromatic heterocycles. The van der Waals surface area contributed by atoms with Crippen molar-refractivity contribution in [3.63, 3.8) is 0 Å². The Labute approximate surface area is 126 Å². The molecule has 1 atom stereocenters. The van der Waals surface area contributed by atoms with E-state index >= 15 is 0 Å². The van der Waals surface area contributed by atoms with Crippen molar-refractivity contribution < 1.29 is 9.84 Å². The summed E-state index contributed by atoms with van der Waals surface area (Å²) in [6.45, 7) is 7.50. The lowest BCUT2D eigenvalue weighted by atomic mass is 10.1. The summed E-state index contributed by atoms with van der Waals surface area (Å²) in [5, 5.41) is 14.6. The minimum atomic E-state index is -0.545. The van der Waals surface area contributed by atoms with Crippen molar-refractivity contribution in [2.24, 2.45) is 0 Å². The Hall–Kier alpha value is -1.65. The van der Waals surface area contributed by atoms with Gasteiger partial charge in [0.2, 0.25) is 0 Å². The van der Waals surface area contributed by atoms with Gasteiger partial charge >= 0.3 is 0 Å². The maximum absolute atomic E-state index is 10.1. The Bertz CT molecular complexity index is 564. The molecular formula is C17H24N2O2. The summed E-state index contributed by atoms with van der Waals surface area (Å²) < 4.78 is 7.45. The van der Waals surface area contributed by atoms with Crippen LogP contribution in [0.25, 0.3) is 0 Å². The molecule has 0 fully saturated rings. The number of ether oxygens (including phenoxy) is 1. The second kappa shape index (κ2) is 7.38. The maximum atomic E-state index is 10.1. The maximum Gasteiger partial charge on any atom is 0.0969 e. The summed E-state index contributed by atoms with van der Waals surface area (Å²) in [5.74, 6) is 0. The van der Waals surface area contributed by atoms with Crippen LogP contribution in [-0.4, -0.2) is 27.6 Å². The first-order valence-electron chi connectivity index (χ1n) is 7.44. The van der Waals surface area contributed by atoms with Gasteiger partial charge in [0.25, 0.3) is 0 Å². The summed E-state index contributed by atoms with van der Waals surface area (Å²) in [6.07, 6.45) is 0.426. The van der Waals surface area contributed by atoms with Crippen molar-refractivity contribution in [2.75, 3.05) is 6.61 Å². The quantitative estimate of drug-likeness (QED) is 0.852. The molecule has 114 valence electrons. The Morgan fingerprint density at radius 2 is 1.95 bits per heavy atom. The minimum Gasteiger partial charge on any atom is -0.389 e. The molecule has 0 aliphatic heterocycles. The van der Waals surface area contributed by atoms with Gasteiger partial charge in [0.15, 0.2) is 0 Å². The van der Waals surface area contributed by atoms with Crippen LogP contribution in [0.5, 0.6) is 0 Å². The molecule has 0 aliphatic rings. The lowest BCUT2D eigenvalue weighted by Gasteiger charge is -2.13. The third-order valence-corrected chi connectivity index (χ3v) is 3.69. The van der Waals surface area contributed by atoms with Gasteiger partial charge in [0, 0.05) is 5.69 Å². The first kappa shape index (κ1) is 15.7. The van der Waals surface area contributed by atoms with Crippen LogP contribution in [0, 0.1) is 13.8 Å². The monoisotopic (exact) mass is 288 g/mol. The molecule has 0 saturated carbocycles. The number of aliphatic hydroxyl groups excluding tert-OH is 1. The lowest BCUT2D eigenvalue weighted by Crippen LogP contribution is -2.23. The van der Waals surface area contributed by atoms with Gasteiger partial charge in [0.05, 0.1) is 31.6 Å². The molecule has 2 rings (SSSR count). The first-order valence-corrected chi connectivity index (χ1v) is 7.44. The summed E-state index contributed by atoms with van der Waals surface area (Å²) in [6, 6.07) is 9.98. The number of hydrogen-bond donors (Lipinski definition) is 1. The lowest BCUT2D eigenvalue weighted by molar-refractivity contribution is 0.0184. The van der Waals surface area contributed by atoms with Gasteiger partial charge in [-0.2, -0.15) is 5.10 Å². The van der Waals surface area contributed by atoms with Crippen molar-refractivity contribution in [3.8, 4) is 0 Å². The van der Waals surface area contributed by atoms with Gasteiger partial charge in [-0.1, -0.05) is 37.3 Å². The fourth-order valence-electron chi connectivity index (χ4n) is 2.56. The van der Waals surface area contributed by atoms with Crippen LogP contribution in [0.2, 0.25) is 0 Å². The molecule has 0 amide bonds. The van der Waals surface area contributed by atoms with Crippen molar-refractivity contribution in [1.29, 1.82) is 0 Å². The third kappa shape index (κ3) is 4.16. The zero-order chi connectivity index (χ0) is 15.2. The molecule has 0 radical (unpaired) electrons. The molecule has 4 heteroatoms. The van der Waals surface area contributed by atoms with E-state index in [-0.39, 0.29) is 0 Å². The van der Waals surface area contributed by atoms with Gasteiger partial charge in [-0.05, 0) is 31.4 Å². The normalized spacial score (nSPS) is 12.6. The Morgan fingerprint density at radius 1 is 1.24 bits per heavy atom. The molecule has 2 aromatic rings. The average Bonchev–Trinajstić information content (AvgIpc) is 2.74. The highest BCUT2D eigenvalue weighted by molar-refractivity contribution is 5.24. The van der Waals surface area contributed by atoms with E-state index in [0.29, 0.717) is 19.8 Å². The smallest absolute Gasteiger partial charge is 0.0969 e. The predicted molar refractivity (Wildman–Crippen MR) is 83.2 cm³/mol. The van der Waals surface area contributed by atoms with E-state index < -0.39 is 6.10 Å². The third-order valence-electron chi connectivity index (χ3n) is 3.69. The highest BCUT2D eigenvalue weighted by Gasteiger charge is 2.13. The van der Waals surface area contributed by atoms with Crippen LogP contribution >= 0.6 is 0 Å². The number of benzene rings is 1. The number of aliphatic hydroxyl groups is 1. The zero-order valence-electron chi connectivity index (χ0n) is 13.0. The van der Waals surface area contributed by atoms with Crippen LogP contribution in [0.15, 0.2) is 30.3 Å². The van der Waals surface area contributed by atoms with E-state index in [0.717, 1.165) is 23.4 Å². The Kier molecular flexibility index (Phi) is 5.53. The molecule has 4 nitrogen and oxygen atoms in total. The van der Waals surface area contributed by atoms with E-state index in [1.165, 1.54) is 5.56 Å². The molecule has 0 saturated heterocycles. The van der Waals surface area contributed by atoms with E-state index in [1.807, 2.05) is 41.9 Å². The number of rotatable bonds is 7. The standard InChI is InChI=1S/C17H24N2O2/c1-4-17-13(2)18-19(14(17)3)10-16(20)12-21-11-15-8-6-5-7-9-15/h5-9,16,20H,4,10-12H2,1-3H3. The first-order chi connectivity index (χ1) is 10.1. The number of nitrogens with zero attached hydrogens (tertiary/aromatic N) is 2. The Morgan fingerprint density at radius 3 is 2.57 bits per heavy atom. The van der Waals surface area contributed by atoms with Crippen molar-refractivity contribution in [2.45, 2.75) is 46.4 Å². The van der Waals surface area contributed by atoms with Crippen LogP contribution in [0.3, 0.4) is 0 Å². The largest absolute Gasteiger partial charge is 0.389 e. The molecule has 1 N–H and O–H groups in total. The summed E-state index contributed by atoms with van der Waals surface area (Å²) in [5.41, 5.74) is 4.57. The molecule has 0 aliphatic carbocycles.